The third-order valence-electron chi connectivity index (χ3n) is 5.72. The minimum Gasteiger partial charge on any atom is -0.331 e. The summed E-state index contributed by atoms with van der Waals surface area (Å²) in [5.74, 6) is -0.127. The molecule has 0 radical (unpaired) electrons. The van der Waals surface area contributed by atoms with Gasteiger partial charge in [0.15, 0.2) is 5.13 Å². The van der Waals surface area contributed by atoms with Crippen LogP contribution in [0.4, 0.5) is 16.5 Å². The van der Waals surface area contributed by atoms with Gasteiger partial charge < -0.3 is 10.6 Å². The van der Waals surface area contributed by atoms with Crippen LogP contribution in [0, 0.1) is 6.92 Å². The highest BCUT2D eigenvalue weighted by molar-refractivity contribution is 7.14. The second-order valence-corrected chi connectivity index (χ2v) is 8.90. The van der Waals surface area contributed by atoms with Crippen LogP contribution in [-0.2, 0) is 6.54 Å². The molecule has 2 aromatic heterocycles. The number of benzene rings is 2. The van der Waals surface area contributed by atoms with E-state index < -0.39 is 0 Å². The van der Waals surface area contributed by atoms with Crippen molar-refractivity contribution in [1.29, 1.82) is 0 Å². The quantitative estimate of drug-likeness (QED) is 0.298. The fourth-order valence-electron chi connectivity index (χ4n) is 3.60. The van der Waals surface area contributed by atoms with E-state index >= 15 is 0 Å². The van der Waals surface area contributed by atoms with Crippen molar-refractivity contribution in [3.05, 3.63) is 89.1 Å². The molecule has 7 heteroatoms. The lowest BCUT2D eigenvalue weighted by Crippen LogP contribution is -2.22. The zero-order valence-corrected chi connectivity index (χ0v) is 20.5. The van der Waals surface area contributed by atoms with E-state index in [0.717, 1.165) is 53.0 Å². The molecule has 0 saturated carbocycles. The number of amides is 1. The molecular weight excluding hydrogens is 442 g/mol. The summed E-state index contributed by atoms with van der Waals surface area (Å²) in [5.41, 5.74) is 6.40. The third kappa shape index (κ3) is 5.87. The van der Waals surface area contributed by atoms with Crippen LogP contribution >= 0.6 is 11.3 Å². The van der Waals surface area contributed by atoms with Gasteiger partial charge in [-0.3, -0.25) is 14.7 Å². The molecule has 1 amide bonds. The van der Waals surface area contributed by atoms with Crippen LogP contribution < -0.4 is 10.6 Å². The maximum absolute atomic E-state index is 12.8. The fraction of sp³-hybridized carbons (Fsp3) is 0.222. The molecule has 0 unspecified atom stereocenters. The molecule has 0 atom stereocenters. The van der Waals surface area contributed by atoms with Gasteiger partial charge >= 0.3 is 0 Å². The van der Waals surface area contributed by atoms with E-state index in [1.54, 1.807) is 12.4 Å². The monoisotopic (exact) mass is 471 g/mol. The first-order valence-electron chi connectivity index (χ1n) is 11.4. The molecule has 0 bridgehead atoms. The van der Waals surface area contributed by atoms with Crippen molar-refractivity contribution in [2.45, 2.75) is 27.3 Å². The van der Waals surface area contributed by atoms with Gasteiger partial charge in [0.2, 0.25) is 0 Å². The van der Waals surface area contributed by atoms with Crippen LogP contribution in [0.2, 0.25) is 0 Å². The minimum atomic E-state index is -0.127. The molecule has 0 fully saturated rings. The summed E-state index contributed by atoms with van der Waals surface area (Å²) < 4.78 is 0. The summed E-state index contributed by atoms with van der Waals surface area (Å²) in [5, 5.41) is 9.18. The lowest BCUT2D eigenvalue weighted by Gasteiger charge is -2.18. The van der Waals surface area contributed by atoms with E-state index in [0.29, 0.717) is 5.56 Å². The average molecular weight is 472 g/mol. The second-order valence-electron chi connectivity index (χ2n) is 8.05. The number of rotatable bonds is 9. The maximum Gasteiger partial charge on any atom is 0.255 e. The third-order valence-corrected chi connectivity index (χ3v) is 6.47. The standard InChI is InChI=1S/C27H29N5OS/c1-4-32(5-2)17-20-9-11-21(12-10-20)26(33)29-23-13-8-19(3)24(15-23)30-27-31-25(18-34-27)22-7-6-14-28-16-22/h6-16,18H,4-5,17H2,1-3H3,(H,29,33)(H,30,31). The van der Waals surface area contributed by atoms with Crippen LogP contribution in [0.3, 0.4) is 0 Å². The predicted octanol–water partition coefficient (Wildman–Crippen LogP) is 6.35. The molecule has 0 saturated heterocycles. The second kappa shape index (κ2) is 11.0. The number of hydrogen-bond acceptors (Lipinski definition) is 6. The molecule has 4 rings (SSSR count). The number of carbonyl (C=O) groups excluding carboxylic acids is 1. The van der Waals surface area contributed by atoms with Crippen LogP contribution in [0.15, 0.2) is 72.4 Å². The van der Waals surface area contributed by atoms with E-state index in [-0.39, 0.29) is 5.91 Å². The lowest BCUT2D eigenvalue weighted by atomic mass is 10.1. The number of nitrogens with zero attached hydrogens (tertiary/aromatic N) is 3. The van der Waals surface area contributed by atoms with Crippen molar-refractivity contribution in [3.63, 3.8) is 0 Å². The minimum absolute atomic E-state index is 0.127. The van der Waals surface area contributed by atoms with Gasteiger partial charge in [0, 0.05) is 46.8 Å². The molecule has 0 aliphatic carbocycles. The number of carbonyl (C=O) groups is 1. The van der Waals surface area contributed by atoms with Crippen molar-refractivity contribution < 1.29 is 4.79 Å². The van der Waals surface area contributed by atoms with Crippen LogP contribution in [0.5, 0.6) is 0 Å². The van der Waals surface area contributed by atoms with Crippen LogP contribution in [0.1, 0.15) is 35.3 Å². The van der Waals surface area contributed by atoms with Crippen molar-refractivity contribution in [2.75, 3.05) is 23.7 Å². The Hall–Kier alpha value is -3.55. The van der Waals surface area contributed by atoms with Crippen LogP contribution in [0.25, 0.3) is 11.3 Å². The number of aryl methyl sites for hydroxylation is 1. The summed E-state index contributed by atoms with van der Waals surface area (Å²) in [6, 6.07) is 17.5. The van der Waals surface area contributed by atoms with E-state index in [1.165, 1.54) is 16.9 Å². The Bertz CT molecular complexity index is 1230. The molecule has 2 aromatic carbocycles. The fourth-order valence-corrected chi connectivity index (χ4v) is 4.33. The summed E-state index contributed by atoms with van der Waals surface area (Å²) in [6.07, 6.45) is 3.55. The highest BCUT2D eigenvalue weighted by Crippen LogP contribution is 2.29. The molecule has 0 aliphatic rings. The highest BCUT2D eigenvalue weighted by Gasteiger charge is 2.10. The first-order valence-corrected chi connectivity index (χ1v) is 12.3. The average Bonchev–Trinajstić information content (AvgIpc) is 3.34. The zero-order chi connectivity index (χ0) is 23.9. The summed E-state index contributed by atoms with van der Waals surface area (Å²) in [4.78, 5) is 24.0. The van der Waals surface area contributed by atoms with Gasteiger partial charge in [-0.15, -0.1) is 11.3 Å². The molecule has 0 aliphatic heterocycles. The Morgan fingerprint density at radius 2 is 1.85 bits per heavy atom. The molecule has 6 nitrogen and oxygen atoms in total. The number of aromatic nitrogens is 2. The Balaban J connectivity index is 1.43. The number of hydrogen-bond donors (Lipinski definition) is 2. The van der Waals surface area contributed by atoms with Gasteiger partial charge in [0.25, 0.3) is 5.91 Å². The van der Waals surface area contributed by atoms with Crippen molar-refractivity contribution in [2.24, 2.45) is 0 Å². The Kier molecular flexibility index (Phi) is 7.67. The van der Waals surface area contributed by atoms with Gasteiger partial charge in [0.05, 0.1) is 5.69 Å². The van der Waals surface area contributed by atoms with Crippen molar-refractivity contribution in [3.8, 4) is 11.3 Å². The number of thiazole rings is 1. The smallest absolute Gasteiger partial charge is 0.255 e. The van der Waals surface area contributed by atoms with Gasteiger partial charge in [-0.25, -0.2) is 4.98 Å². The lowest BCUT2D eigenvalue weighted by molar-refractivity contribution is 0.102. The van der Waals surface area contributed by atoms with Crippen LogP contribution in [-0.4, -0.2) is 33.9 Å². The number of nitrogens with one attached hydrogen (secondary N) is 2. The SMILES string of the molecule is CCN(CC)Cc1ccc(C(=O)Nc2ccc(C)c(Nc3nc(-c4cccnc4)cs3)c2)cc1. The van der Waals surface area contributed by atoms with Gasteiger partial charge in [-0.1, -0.05) is 32.0 Å². The highest BCUT2D eigenvalue weighted by atomic mass is 32.1. The maximum atomic E-state index is 12.8. The first-order chi connectivity index (χ1) is 16.6. The van der Waals surface area contributed by atoms with E-state index in [4.69, 9.17) is 0 Å². The van der Waals surface area contributed by atoms with Gasteiger partial charge in [-0.05, 0) is 67.5 Å². The predicted molar refractivity (Wildman–Crippen MR) is 141 cm³/mol. The topological polar surface area (TPSA) is 70.2 Å². The Morgan fingerprint density at radius 1 is 1.06 bits per heavy atom. The van der Waals surface area contributed by atoms with E-state index in [9.17, 15) is 4.79 Å². The first kappa shape index (κ1) is 23.6. The van der Waals surface area contributed by atoms with Gasteiger partial charge in [-0.2, -0.15) is 0 Å². The van der Waals surface area contributed by atoms with Gasteiger partial charge in [0.1, 0.15) is 0 Å². The summed E-state index contributed by atoms with van der Waals surface area (Å²) in [6.45, 7) is 9.25. The van der Waals surface area contributed by atoms with Crippen molar-refractivity contribution >= 4 is 33.8 Å². The molecule has 4 aromatic rings. The Labute approximate surface area is 204 Å². The largest absolute Gasteiger partial charge is 0.331 e. The van der Waals surface area contributed by atoms with E-state index in [1.807, 2.05) is 66.9 Å². The molecule has 0 spiro atoms. The Morgan fingerprint density at radius 3 is 2.56 bits per heavy atom. The number of anilines is 3. The normalized spacial score (nSPS) is 10.9. The van der Waals surface area contributed by atoms with E-state index in [2.05, 4.69) is 39.3 Å². The molecule has 2 heterocycles. The molecule has 34 heavy (non-hydrogen) atoms. The summed E-state index contributed by atoms with van der Waals surface area (Å²) in [7, 11) is 0. The molecule has 2 N–H and O–H groups in total. The number of pyridine rings is 1. The molecular formula is C27H29N5OS. The summed E-state index contributed by atoms with van der Waals surface area (Å²) >= 11 is 1.53. The molecule has 174 valence electrons. The van der Waals surface area contributed by atoms with Crippen molar-refractivity contribution in [1.82, 2.24) is 14.9 Å². The zero-order valence-electron chi connectivity index (χ0n) is 19.7.